The van der Waals surface area contributed by atoms with Gasteiger partial charge in [0.2, 0.25) is 0 Å². The van der Waals surface area contributed by atoms with E-state index in [1.807, 2.05) is 11.3 Å². The molecule has 2 heterocycles. The lowest BCUT2D eigenvalue weighted by Gasteiger charge is -2.24. The summed E-state index contributed by atoms with van der Waals surface area (Å²) in [6.45, 7) is 9.91. The third-order valence-electron chi connectivity index (χ3n) is 3.38. The van der Waals surface area contributed by atoms with Gasteiger partial charge in [-0.3, -0.25) is 0 Å². The third-order valence-corrected chi connectivity index (χ3v) is 4.52. The molecule has 1 aliphatic heterocycles. The lowest BCUT2D eigenvalue weighted by Crippen LogP contribution is -2.38. The highest BCUT2D eigenvalue weighted by Crippen LogP contribution is 2.26. The van der Waals surface area contributed by atoms with Gasteiger partial charge in [0, 0.05) is 24.0 Å². The minimum absolute atomic E-state index is 0.658. The van der Waals surface area contributed by atoms with Crippen molar-refractivity contribution in [1.82, 2.24) is 10.3 Å². The molecule has 2 rings (SSSR count). The van der Waals surface area contributed by atoms with Crippen LogP contribution in [0.2, 0.25) is 0 Å². The van der Waals surface area contributed by atoms with Crippen molar-refractivity contribution in [3.05, 3.63) is 10.6 Å². The van der Waals surface area contributed by atoms with Crippen molar-refractivity contribution in [3.63, 3.8) is 0 Å². The molecule has 1 N–H and O–H groups in total. The molecule has 3 nitrogen and oxygen atoms in total. The average Bonchev–Trinajstić information content (AvgIpc) is 2.90. The molecular formula is C13H23N3S. The van der Waals surface area contributed by atoms with Gasteiger partial charge in [-0.25, -0.2) is 4.98 Å². The van der Waals surface area contributed by atoms with Gasteiger partial charge in [-0.1, -0.05) is 6.92 Å². The first kappa shape index (κ1) is 12.8. The number of hydrogen-bond acceptors (Lipinski definition) is 4. The van der Waals surface area contributed by atoms with Gasteiger partial charge in [-0.15, -0.1) is 11.3 Å². The van der Waals surface area contributed by atoms with E-state index in [1.165, 1.54) is 41.5 Å². The minimum Gasteiger partial charge on any atom is -0.347 e. The van der Waals surface area contributed by atoms with Crippen LogP contribution in [0.1, 0.15) is 36.8 Å². The van der Waals surface area contributed by atoms with Crippen LogP contribution in [-0.4, -0.2) is 30.7 Å². The van der Waals surface area contributed by atoms with E-state index in [4.69, 9.17) is 0 Å². The number of nitrogens with one attached hydrogen (secondary N) is 1. The number of anilines is 1. The summed E-state index contributed by atoms with van der Waals surface area (Å²) in [5.41, 5.74) is 1.19. The Bertz CT molecular complexity index is 336. The van der Waals surface area contributed by atoms with E-state index in [0.29, 0.717) is 6.04 Å². The summed E-state index contributed by atoms with van der Waals surface area (Å²) < 4.78 is 0. The van der Waals surface area contributed by atoms with Crippen LogP contribution in [0.5, 0.6) is 0 Å². The Hall–Kier alpha value is -0.610. The summed E-state index contributed by atoms with van der Waals surface area (Å²) in [5.74, 6) is 0. The first-order chi connectivity index (χ1) is 8.20. The van der Waals surface area contributed by atoms with Crippen LogP contribution in [0.25, 0.3) is 0 Å². The molecule has 96 valence electrons. The molecule has 1 aromatic rings. The fraction of sp³-hybridized carbons (Fsp3) is 0.769. The molecule has 0 amide bonds. The lowest BCUT2D eigenvalue weighted by molar-refractivity contribution is 0.577. The highest BCUT2D eigenvalue weighted by Gasteiger charge is 2.19. The van der Waals surface area contributed by atoms with Crippen LogP contribution in [0.15, 0.2) is 0 Å². The second kappa shape index (κ2) is 5.83. The molecule has 0 radical (unpaired) electrons. The van der Waals surface area contributed by atoms with E-state index in [1.54, 1.807) is 0 Å². The van der Waals surface area contributed by atoms with Gasteiger partial charge in [0.05, 0.1) is 5.69 Å². The molecule has 0 aliphatic carbocycles. The van der Waals surface area contributed by atoms with Gasteiger partial charge in [0.25, 0.3) is 0 Å². The lowest BCUT2D eigenvalue weighted by atomic mass is 10.2. The van der Waals surface area contributed by atoms with Gasteiger partial charge in [0.1, 0.15) is 0 Å². The van der Waals surface area contributed by atoms with E-state index in [9.17, 15) is 0 Å². The number of rotatable bonds is 5. The summed E-state index contributed by atoms with van der Waals surface area (Å²) in [6, 6.07) is 0.658. The van der Waals surface area contributed by atoms with Crippen LogP contribution in [-0.2, 0) is 0 Å². The molecule has 1 fully saturated rings. The predicted octanol–water partition coefficient (Wildman–Crippen LogP) is 2.73. The highest BCUT2D eigenvalue weighted by molar-refractivity contribution is 7.15. The molecule has 1 atom stereocenters. The second-order valence-electron chi connectivity index (χ2n) is 4.88. The Morgan fingerprint density at radius 1 is 1.47 bits per heavy atom. The zero-order chi connectivity index (χ0) is 12.3. The van der Waals surface area contributed by atoms with Crippen molar-refractivity contribution >= 4 is 16.5 Å². The number of aryl methyl sites for hydroxylation is 2. The summed E-state index contributed by atoms with van der Waals surface area (Å²) in [5, 5.41) is 4.78. The Morgan fingerprint density at radius 3 is 2.82 bits per heavy atom. The highest BCUT2D eigenvalue weighted by atomic mass is 32.1. The van der Waals surface area contributed by atoms with Gasteiger partial charge < -0.3 is 10.2 Å². The zero-order valence-electron chi connectivity index (χ0n) is 11.1. The molecule has 0 saturated carbocycles. The van der Waals surface area contributed by atoms with Crippen LogP contribution < -0.4 is 10.2 Å². The SMILES string of the molecule is CCCN(CC1CCCN1)c1nc(C)c(C)s1. The topological polar surface area (TPSA) is 28.2 Å². The largest absolute Gasteiger partial charge is 0.347 e. The maximum absolute atomic E-state index is 4.69. The second-order valence-corrected chi connectivity index (χ2v) is 6.06. The Labute approximate surface area is 108 Å². The van der Waals surface area contributed by atoms with Crippen molar-refractivity contribution < 1.29 is 0 Å². The molecule has 1 saturated heterocycles. The van der Waals surface area contributed by atoms with Gasteiger partial charge in [-0.2, -0.15) is 0 Å². The average molecular weight is 253 g/mol. The maximum Gasteiger partial charge on any atom is 0.185 e. The number of nitrogens with zero attached hydrogens (tertiary/aromatic N) is 2. The molecular weight excluding hydrogens is 230 g/mol. The number of hydrogen-bond donors (Lipinski definition) is 1. The molecule has 1 aromatic heterocycles. The normalized spacial score (nSPS) is 19.8. The van der Waals surface area contributed by atoms with E-state index in [0.717, 1.165) is 13.1 Å². The van der Waals surface area contributed by atoms with Gasteiger partial charge in [0.15, 0.2) is 5.13 Å². The standard InChI is InChI=1S/C13H23N3S/c1-4-8-16(9-12-6-5-7-14-12)13-15-10(2)11(3)17-13/h12,14H,4-9H2,1-3H3. The molecule has 1 aliphatic rings. The fourth-order valence-electron chi connectivity index (χ4n) is 2.30. The quantitative estimate of drug-likeness (QED) is 0.874. The molecule has 0 spiro atoms. The third kappa shape index (κ3) is 3.19. The minimum atomic E-state index is 0.658. The Balaban J connectivity index is 2.04. The van der Waals surface area contributed by atoms with Crippen molar-refractivity contribution in [2.24, 2.45) is 0 Å². The summed E-state index contributed by atoms with van der Waals surface area (Å²) in [6.07, 6.45) is 3.81. The van der Waals surface area contributed by atoms with Crippen molar-refractivity contribution in [1.29, 1.82) is 0 Å². The zero-order valence-corrected chi connectivity index (χ0v) is 11.9. The molecule has 17 heavy (non-hydrogen) atoms. The van der Waals surface area contributed by atoms with Crippen molar-refractivity contribution in [2.45, 2.75) is 46.1 Å². The first-order valence-corrected chi connectivity index (χ1v) is 7.44. The van der Waals surface area contributed by atoms with Crippen LogP contribution in [0.3, 0.4) is 0 Å². The smallest absolute Gasteiger partial charge is 0.185 e. The van der Waals surface area contributed by atoms with E-state index in [2.05, 4.69) is 36.0 Å². The van der Waals surface area contributed by atoms with Crippen LogP contribution in [0.4, 0.5) is 5.13 Å². The Morgan fingerprint density at radius 2 is 2.29 bits per heavy atom. The molecule has 0 aromatic carbocycles. The van der Waals surface area contributed by atoms with E-state index >= 15 is 0 Å². The van der Waals surface area contributed by atoms with Gasteiger partial charge >= 0.3 is 0 Å². The molecule has 4 heteroatoms. The summed E-state index contributed by atoms with van der Waals surface area (Å²) in [4.78, 5) is 8.49. The predicted molar refractivity (Wildman–Crippen MR) is 75.1 cm³/mol. The summed E-state index contributed by atoms with van der Waals surface area (Å²) >= 11 is 1.83. The first-order valence-electron chi connectivity index (χ1n) is 6.63. The van der Waals surface area contributed by atoms with Crippen molar-refractivity contribution in [3.8, 4) is 0 Å². The Kier molecular flexibility index (Phi) is 4.40. The summed E-state index contributed by atoms with van der Waals surface area (Å²) in [7, 11) is 0. The van der Waals surface area contributed by atoms with Crippen LogP contribution >= 0.6 is 11.3 Å². The number of aromatic nitrogens is 1. The molecule has 0 bridgehead atoms. The fourth-order valence-corrected chi connectivity index (χ4v) is 3.25. The monoisotopic (exact) mass is 253 g/mol. The molecule has 1 unspecified atom stereocenters. The van der Waals surface area contributed by atoms with E-state index < -0.39 is 0 Å². The van der Waals surface area contributed by atoms with E-state index in [-0.39, 0.29) is 0 Å². The van der Waals surface area contributed by atoms with Crippen molar-refractivity contribution in [2.75, 3.05) is 24.5 Å². The number of thiazole rings is 1. The van der Waals surface area contributed by atoms with Gasteiger partial charge in [-0.05, 0) is 39.7 Å². The van der Waals surface area contributed by atoms with Crippen LogP contribution in [0, 0.1) is 13.8 Å². The maximum atomic E-state index is 4.69.